The molecule has 0 heterocycles. The van der Waals surface area contributed by atoms with E-state index < -0.39 is 23.0 Å². The van der Waals surface area contributed by atoms with Crippen LogP contribution in [0.2, 0.25) is 0 Å². The fourth-order valence-corrected chi connectivity index (χ4v) is 2.28. The molecule has 2 aromatic carbocycles. The Bertz CT molecular complexity index is 794. The van der Waals surface area contributed by atoms with Crippen LogP contribution in [0.3, 0.4) is 0 Å². The molecule has 2 aromatic rings. The first-order valence-electron chi connectivity index (χ1n) is 8.42. The smallest absolute Gasteiger partial charge is 0.413 e. The normalized spacial score (nSPS) is 11.3. The van der Waals surface area contributed by atoms with Crippen LogP contribution in [0.1, 0.15) is 5.56 Å². The van der Waals surface area contributed by atoms with E-state index in [2.05, 4.69) is 5.32 Å². The molecule has 0 aliphatic rings. The summed E-state index contributed by atoms with van der Waals surface area (Å²) in [6.07, 6.45) is -0.666. The largest absolute Gasteiger partial charge is 0.462 e. The third-order valence-corrected chi connectivity index (χ3v) is 3.65. The second-order valence-corrected chi connectivity index (χ2v) is 5.69. The minimum Gasteiger partial charge on any atom is -0.462 e. The molecule has 0 saturated heterocycles. The van der Waals surface area contributed by atoms with Crippen molar-refractivity contribution in [2.45, 2.75) is 12.5 Å². The minimum absolute atomic E-state index is 0.0553. The highest BCUT2D eigenvalue weighted by Crippen LogP contribution is 2.17. The highest BCUT2D eigenvalue weighted by molar-refractivity contribution is 5.82. The van der Waals surface area contributed by atoms with Gasteiger partial charge in [0.25, 0.3) is 5.69 Å². The van der Waals surface area contributed by atoms with Crippen molar-refractivity contribution < 1.29 is 28.7 Å². The third kappa shape index (κ3) is 6.69. The Kier molecular flexibility index (Phi) is 7.92. The maximum Gasteiger partial charge on any atom is 0.413 e. The SMILES string of the molecule is COCCOC(=O)[C@H](Cc1ccccc1)NC(=O)Oc1ccc([N+](=O)[O-])cc1. The number of carbonyl (C=O) groups is 2. The lowest BCUT2D eigenvalue weighted by Gasteiger charge is -2.17. The zero-order valence-electron chi connectivity index (χ0n) is 15.2. The van der Waals surface area contributed by atoms with E-state index in [1.807, 2.05) is 30.3 Å². The fraction of sp³-hybridized carbons (Fsp3) is 0.263. The van der Waals surface area contributed by atoms with Crippen molar-refractivity contribution in [3.05, 3.63) is 70.3 Å². The van der Waals surface area contributed by atoms with Crippen LogP contribution in [0.15, 0.2) is 54.6 Å². The number of nitro benzene ring substituents is 1. The summed E-state index contributed by atoms with van der Waals surface area (Å²) >= 11 is 0. The molecule has 1 atom stereocenters. The molecular formula is C19H20N2O7. The van der Waals surface area contributed by atoms with E-state index >= 15 is 0 Å². The summed E-state index contributed by atoms with van der Waals surface area (Å²) in [5, 5.41) is 13.1. The van der Waals surface area contributed by atoms with Gasteiger partial charge in [-0.05, 0) is 17.7 Å². The Morgan fingerprint density at radius 3 is 2.36 bits per heavy atom. The number of non-ortho nitro benzene ring substituents is 1. The van der Waals surface area contributed by atoms with E-state index in [-0.39, 0.29) is 31.1 Å². The quantitative estimate of drug-likeness (QED) is 0.303. The number of esters is 1. The number of amides is 1. The van der Waals surface area contributed by atoms with Gasteiger partial charge in [-0.1, -0.05) is 30.3 Å². The Hall–Kier alpha value is -3.46. The van der Waals surface area contributed by atoms with Crippen LogP contribution in [-0.4, -0.2) is 43.4 Å². The molecular weight excluding hydrogens is 368 g/mol. The summed E-state index contributed by atoms with van der Waals surface area (Å²) in [4.78, 5) is 34.6. The lowest BCUT2D eigenvalue weighted by atomic mass is 10.1. The van der Waals surface area contributed by atoms with Gasteiger partial charge in [-0.25, -0.2) is 9.59 Å². The van der Waals surface area contributed by atoms with Gasteiger partial charge in [-0.15, -0.1) is 0 Å². The molecule has 0 bridgehead atoms. The van der Waals surface area contributed by atoms with Crippen molar-refractivity contribution >= 4 is 17.7 Å². The van der Waals surface area contributed by atoms with Gasteiger partial charge in [0.15, 0.2) is 0 Å². The third-order valence-electron chi connectivity index (χ3n) is 3.65. The Morgan fingerprint density at radius 1 is 1.07 bits per heavy atom. The van der Waals surface area contributed by atoms with Crippen LogP contribution in [0.4, 0.5) is 10.5 Å². The molecule has 1 N–H and O–H groups in total. The molecule has 0 aliphatic heterocycles. The molecule has 0 saturated carbocycles. The molecule has 9 heteroatoms. The number of rotatable bonds is 9. The molecule has 1 amide bonds. The topological polar surface area (TPSA) is 117 Å². The molecule has 148 valence electrons. The highest BCUT2D eigenvalue weighted by Gasteiger charge is 2.24. The van der Waals surface area contributed by atoms with Crippen molar-refractivity contribution in [3.63, 3.8) is 0 Å². The second-order valence-electron chi connectivity index (χ2n) is 5.69. The number of ether oxygens (including phenoxy) is 3. The molecule has 9 nitrogen and oxygen atoms in total. The summed E-state index contributed by atoms with van der Waals surface area (Å²) in [6, 6.07) is 13.2. The van der Waals surface area contributed by atoms with Crippen molar-refractivity contribution in [1.29, 1.82) is 0 Å². The zero-order valence-corrected chi connectivity index (χ0v) is 15.2. The maximum absolute atomic E-state index is 12.3. The maximum atomic E-state index is 12.3. The van der Waals surface area contributed by atoms with Crippen LogP contribution >= 0.6 is 0 Å². The monoisotopic (exact) mass is 388 g/mol. The molecule has 28 heavy (non-hydrogen) atoms. The van der Waals surface area contributed by atoms with Gasteiger partial charge in [0.05, 0.1) is 11.5 Å². The van der Waals surface area contributed by atoms with Gasteiger partial charge < -0.3 is 19.5 Å². The van der Waals surface area contributed by atoms with E-state index in [9.17, 15) is 19.7 Å². The molecule has 0 unspecified atom stereocenters. The van der Waals surface area contributed by atoms with Gasteiger partial charge in [0.1, 0.15) is 18.4 Å². The Balaban J connectivity index is 2.01. The minimum atomic E-state index is -0.968. The van der Waals surface area contributed by atoms with E-state index in [4.69, 9.17) is 14.2 Å². The summed E-state index contributed by atoms with van der Waals surface area (Å²) < 4.78 is 15.0. The van der Waals surface area contributed by atoms with E-state index in [0.29, 0.717) is 0 Å². The fourth-order valence-electron chi connectivity index (χ4n) is 2.28. The first-order valence-corrected chi connectivity index (χ1v) is 8.42. The van der Waals surface area contributed by atoms with Crippen LogP contribution in [0.5, 0.6) is 5.75 Å². The number of nitrogens with one attached hydrogen (secondary N) is 1. The first kappa shape index (κ1) is 20.8. The van der Waals surface area contributed by atoms with Gasteiger partial charge in [-0.3, -0.25) is 10.1 Å². The molecule has 0 fully saturated rings. The van der Waals surface area contributed by atoms with Gasteiger partial charge in [0, 0.05) is 25.7 Å². The van der Waals surface area contributed by atoms with Crippen LogP contribution in [0.25, 0.3) is 0 Å². The highest BCUT2D eigenvalue weighted by atomic mass is 16.6. The van der Waals surface area contributed by atoms with E-state index in [0.717, 1.165) is 5.56 Å². The van der Waals surface area contributed by atoms with Crippen molar-refractivity contribution in [2.24, 2.45) is 0 Å². The summed E-state index contributed by atoms with van der Waals surface area (Å²) in [6.45, 7) is 0.288. The molecule has 0 aliphatic carbocycles. The van der Waals surface area contributed by atoms with E-state index in [1.165, 1.54) is 31.4 Å². The first-order chi connectivity index (χ1) is 13.5. The Morgan fingerprint density at radius 2 is 1.75 bits per heavy atom. The average Bonchev–Trinajstić information content (AvgIpc) is 2.68. The van der Waals surface area contributed by atoms with Crippen LogP contribution in [0, 0.1) is 10.1 Å². The van der Waals surface area contributed by atoms with Crippen LogP contribution < -0.4 is 10.1 Å². The number of hydrogen-bond donors (Lipinski definition) is 1. The lowest BCUT2D eigenvalue weighted by Crippen LogP contribution is -2.44. The number of nitro groups is 1. The second kappa shape index (κ2) is 10.6. The zero-order chi connectivity index (χ0) is 20.4. The standard InChI is InChI=1S/C19H20N2O7/c1-26-11-12-27-18(22)17(13-14-5-3-2-4-6-14)20-19(23)28-16-9-7-15(8-10-16)21(24)25/h2-10,17H,11-13H2,1H3,(H,20,23)/t17-/m0/s1. The predicted octanol–water partition coefficient (Wildman–Crippen LogP) is 2.48. The predicted molar refractivity (Wildman–Crippen MR) is 99.0 cm³/mol. The molecule has 2 rings (SSSR count). The van der Waals surface area contributed by atoms with Gasteiger partial charge in [-0.2, -0.15) is 0 Å². The summed E-state index contributed by atoms with van der Waals surface area (Å²) in [5.41, 5.74) is 0.697. The van der Waals surface area contributed by atoms with Crippen LogP contribution in [-0.2, 0) is 20.7 Å². The number of nitrogens with zero attached hydrogens (tertiary/aromatic N) is 1. The van der Waals surface area contributed by atoms with Crippen molar-refractivity contribution in [3.8, 4) is 5.75 Å². The lowest BCUT2D eigenvalue weighted by molar-refractivity contribution is -0.384. The van der Waals surface area contributed by atoms with Crippen molar-refractivity contribution in [1.82, 2.24) is 5.32 Å². The molecule has 0 spiro atoms. The van der Waals surface area contributed by atoms with Gasteiger partial charge >= 0.3 is 12.1 Å². The van der Waals surface area contributed by atoms with Gasteiger partial charge in [0.2, 0.25) is 0 Å². The number of hydrogen-bond acceptors (Lipinski definition) is 7. The van der Waals surface area contributed by atoms with Crippen molar-refractivity contribution in [2.75, 3.05) is 20.3 Å². The number of benzene rings is 2. The number of methoxy groups -OCH3 is 1. The average molecular weight is 388 g/mol. The molecule has 0 aromatic heterocycles. The summed E-state index contributed by atoms with van der Waals surface area (Å²) in [7, 11) is 1.48. The Labute approximate surface area is 161 Å². The number of carbonyl (C=O) groups excluding carboxylic acids is 2. The summed E-state index contributed by atoms with van der Waals surface area (Å²) in [5.74, 6) is -0.518. The van der Waals surface area contributed by atoms with E-state index in [1.54, 1.807) is 0 Å². The molecule has 0 radical (unpaired) electrons.